The molecule has 0 heterocycles. The highest BCUT2D eigenvalue weighted by Crippen LogP contribution is 2.22. The molecular formula is C11H13OS. The fourth-order valence-corrected chi connectivity index (χ4v) is 1.24. The standard InChI is InChI=1S/C11H13OS/c1-11(2,3)9-6-4-8(5-7-9)10(12)13/h4-7H,1-3H3. The quantitative estimate of drug-likeness (QED) is 0.668. The fourth-order valence-electron chi connectivity index (χ4n) is 1.11. The first-order valence-corrected chi connectivity index (χ1v) is 4.64. The maximum absolute atomic E-state index is 10.8. The summed E-state index contributed by atoms with van der Waals surface area (Å²) in [6, 6.07) is 7.49. The third kappa shape index (κ3) is 2.52. The zero-order chi connectivity index (χ0) is 10.1. The molecule has 0 bridgehead atoms. The highest BCUT2D eigenvalue weighted by atomic mass is 32.1. The predicted octanol–water partition coefficient (Wildman–Crippen LogP) is 3.32. The van der Waals surface area contributed by atoms with Crippen molar-refractivity contribution in [1.29, 1.82) is 0 Å². The van der Waals surface area contributed by atoms with Gasteiger partial charge in [-0.2, -0.15) is 0 Å². The van der Waals surface area contributed by atoms with Gasteiger partial charge in [0.1, 0.15) is 0 Å². The summed E-state index contributed by atoms with van der Waals surface area (Å²) >= 11 is 4.54. The first kappa shape index (κ1) is 10.2. The molecule has 1 aromatic carbocycles. The lowest BCUT2D eigenvalue weighted by Crippen LogP contribution is -2.10. The summed E-state index contributed by atoms with van der Waals surface area (Å²) < 4.78 is 0. The van der Waals surface area contributed by atoms with Crippen molar-refractivity contribution in [3.8, 4) is 0 Å². The van der Waals surface area contributed by atoms with Gasteiger partial charge >= 0.3 is 0 Å². The second kappa shape index (κ2) is 3.46. The molecule has 1 rings (SSSR count). The first-order chi connectivity index (χ1) is 5.91. The normalized spacial score (nSPS) is 11.3. The Bertz CT molecular complexity index is 306. The van der Waals surface area contributed by atoms with Gasteiger partial charge in [0.2, 0.25) is 5.12 Å². The van der Waals surface area contributed by atoms with Gasteiger partial charge in [-0.1, -0.05) is 32.9 Å². The van der Waals surface area contributed by atoms with E-state index in [4.69, 9.17) is 0 Å². The second-order valence-electron chi connectivity index (χ2n) is 4.11. The minimum atomic E-state index is -0.291. The van der Waals surface area contributed by atoms with Gasteiger partial charge in [0, 0.05) is 5.56 Å². The van der Waals surface area contributed by atoms with Crippen LogP contribution >= 0.6 is 12.6 Å². The van der Waals surface area contributed by atoms with Gasteiger partial charge < -0.3 is 0 Å². The summed E-state index contributed by atoms with van der Waals surface area (Å²) in [5.74, 6) is 0. The van der Waals surface area contributed by atoms with Crippen LogP contribution in [0.5, 0.6) is 0 Å². The van der Waals surface area contributed by atoms with E-state index < -0.39 is 0 Å². The van der Waals surface area contributed by atoms with Crippen LogP contribution in [0, 0.1) is 0 Å². The van der Waals surface area contributed by atoms with Crippen molar-refractivity contribution in [2.45, 2.75) is 26.2 Å². The first-order valence-electron chi connectivity index (χ1n) is 4.23. The summed E-state index contributed by atoms with van der Waals surface area (Å²) in [5.41, 5.74) is 1.94. The largest absolute Gasteiger partial charge is 0.276 e. The van der Waals surface area contributed by atoms with Gasteiger partial charge in [-0.15, -0.1) is 0 Å². The molecule has 1 radical (unpaired) electrons. The van der Waals surface area contributed by atoms with Crippen molar-refractivity contribution in [2.24, 2.45) is 0 Å². The molecule has 0 unspecified atom stereocenters. The Hall–Kier alpha value is -0.890. The lowest BCUT2D eigenvalue weighted by atomic mass is 9.87. The summed E-state index contributed by atoms with van der Waals surface area (Å²) in [4.78, 5) is 10.8. The molecule has 0 aliphatic rings. The smallest absolute Gasteiger partial charge is 0.249 e. The van der Waals surface area contributed by atoms with E-state index in [1.165, 1.54) is 5.56 Å². The fraction of sp³-hybridized carbons (Fsp3) is 0.364. The molecule has 0 aliphatic carbocycles. The Balaban J connectivity index is 3.01. The molecule has 0 N–H and O–H groups in total. The van der Waals surface area contributed by atoms with E-state index in [2.05, 4.69) is 33.4 Å². The van der Waals surface area contributed by atoms with E-state index >= 15 is 0 Å². The van der Waals surface area contributed by atoms with E-state index in [0.717, 1.165) is 0 Å². The molecule has 0 aromatic heterocycles. The molecule has 13 heavy (non-hydrogen) atoms. The van der Waals surface area contributed by atoms with Gasteiger partial charge in [0.05, 0.1) is 0 Å². The molecule has 0 atom stereocenters. The SMILES string of the molecule is CC(C)(C)c1ccc(C(=O)[S])cc1. The van der Waals surface area contributed by atoms with Gasteiger partial charge in [-0.25, -0.2) is 0 Å². The monoisotopic (exact) mass is 193 g/mol. The van der Waals surface area contributed by atoms with Gasteiger partial charge in [0.15, 0.2) is 0 Å². The molecule has 69 valence electrons. The maximum Gasteiger partial charge on any atom is 0.249 e. The predicted molar refractivity (Wildman–Crippen MR) is 57.1 cm³/mol. The van der Waals surface area contributed by atoms with Crippen LogP contribution < -0.4 is 0 Å². The Labute approximate surface area is 84.6 Å². The van der Waals surface area contributed by atoms with Crippen molar-refractivity contribution in [2.75, 3.05) is 0 Å². The summed E-state index contributed by atoms with van der Waals surface area (Å²) in [5, 5.41) is -0.291. The van der Waals surface area contributed by atoms with Gasteiger partial charge in [-0.3, -0.25) is 4.79 Å². The van der Waals surface area contributed by atoms with Gasteiger partial charge in [-0.05, 0) is 35.7 Å². The molecule has 0 saturated carbocycles. The lowest BCUT2D eigenvalue weighted by Gasteiger charge is -2.18. The van der Waals surface area contributed by atoms with Crippen LogP contribution in [0.4, 0.5) is 0 Å². The van der Waals surface area contributed by atoms with Crippen LogP contribution in [0.15, 0.2) is 24.3 Å². The van der Waals surface area contributed by atoms with Crippen molar-refractivity contribution < 1.29 is 4.79 Å². The zero-order valence-corrected chi connectivity index (χ0v) is 8.94. The van der Waals surface area contributed by atoms with E-state index in [1.54, 1.807) is 12.1 Å². The maximum atomic E-state index is 10.8. The van der Waals surface area contributed by atoms with Crippen molar-refractivity contribution in [3.05, 3.63) is 35.4 Å². The molecule has 0 amide bonds. The van der Waals surface area contributed by atoms with E-state index in [-0.39, 0.29) is 10.5 Å². The molecular weight excluding hydrogens is 180 g/mol. The summed E-state index contributed by atoms with van der Waals surface area (Å²) in [6.45, 7) is 6.41. The summed E-state index contributed by atoms with van der Waals surface area (Å²) in [6.07, 6.45) is 0. The third-order valence-electron chi connectivity index (χ3n) is 1.99. The number of carbonyl (C=O) groups excluding carboxylic acids is 1. The Morgan fingerprint density at radius 2 is 1.62 bits per heavy atom. The number of carbonyl (C=O) groups is 1. The minimum absolute atomic E-state index is 0.128. The molecule has 0 aliphatic heterocycles. The highest BCUT2D eigenvalue weighted by molar-refractivity contribution is 7.97. The zero-order valence-electron chi connectivity index (χ0n) is 8.13. The van der Waals surface area contributed by atoms with Crippen LogP contribution in [0.2, 0.25) is 0 Å². The van der Waals surface area contributed by atoms with Crippen LogP contribution in [-0.4, -0.2) is 5.12 Å². The van der Waals surface area contributed by atoms with Crippen molar-refractivity contribution in [1.82, 2.24) is 0 Å². The molecule has 1 aromatic rings. The number of benzene rings is 1. The van der Waals surface area contributed by atoms with Crippen molar-refractivity contribution in [3.63, 3.8) is 0 Å². The number of hydrogen-bond acceptors (Lipinski definition) is 1. The van der Waals surface area contributed by atoms with Crippen LogP contribution in [0.25, 0.3) is 0 Å². The van der Waals surface area contributed by atoms with E-state index in [9.17, 15) is 4.79 Å². The second-order valence-corrected chi connectivity index (χ2v) is 4.49. The average Bonchev–Trinajstić information content (AvgIpc) is 2.03. The third-order valence-corrected chi connectivity index (χ3v) is 2.22. The van der Waals surface area contributed by atoms with Crippen LogP contribution in [0.1, 0.15) is 36.7 Å². The molecule has 0 spiro atoms. The Morgan fingerprint density at radius 1 is 1.15 bits per heavy atom. The van der Waals surface area contributed by atoms with Crippen LogP contribution in [-0.2, 0) is 5.41 Å². The van der Waals surface area contributed by atoms with Gasteiger partial charge in [0.25, 0.3) is 0 Å². The topological polar surface area (TPSA) is 17.1 Å². The lowest BCUT2D eigenvalue weighted by molar-refractivity contribution is 0.109. The highest BCUT2D eigenvalue weighted by Gasteiger charge is 2.13. The molecule has 1 nitrogen and oxygen atoms in total. The number of rotatable bonds is 1. The average molecular weight is 193 g/mol. The molecule has 2 heteroatoms. The Kier molecular flexibility index (Phi) is 2.71. The van der Waals surface area contributed by atoms with E-state index in [0.29, 0.717) is 5.56 Å². The Morgan fingerprint density at radius 3 is 1.92 bits per heavy atom. The van der Waals surface area contributed by atoms with E-state index in [1.807, 2.05) is 12.1 Å². The molecule has 0 fully saturated rings. The number of hydrogen-bond donors (Lipinski definition) is 0. The minimum Gasteiger partial charge on any atom is -0.276 e. The molecule has 0 saturated heterocycles. The van der Waals surface area contributed by atoms with Crippen molar-refractivity contribution >= 4 is 17.7 Å². The summed E-state index contributed by atoms with van der Waals surface area (Å²) in [7, 11) is 0. The van der Waals surface area contributed by atoms with Crippen LogP contribution in [0.3, 0.4) is 0 Å².